The Morgan fingerprint density at radius 2 is 1.02 bits per heavy atom. The molecule has 0 aliphatic heterocycles. The number of hydrogen-bond acceptors (Lipinski definition) is 12. The number of hydrogen-bond donors (Lipinski definition) is 2. The number of nitrogens with zero attached hydrogens (tertiary/aromatic N) is 2. The maximum absolute atomic E-state index is 11.7. The zero-order valence-corrected chi connectivity index (χ0v) is 33.9. The Labute approximate surface area is 332 Å². The number of nitro groups is 2. The van der Waals surface area contributed by atoms with Crippen LogP contribution in [-0.2, 0) is 66.3 Å². The first-order valence-corrected chi connectivity index (χ1v) is 16.1. The third-order valence-electron chi connectivity index (χ3n) is 6.80. The number of ether oxygens (including phenoxy) is 3. The first-order valence-electron chi connectivity index (χ1n) is 16.8. The van der Waals surface area contributed by atoms with Crippen LogP contribution in [0.15, 0.2) is 72.8 Å². The number of carbonyl (C=O) groups is 3. The minimum atomic E-state index is -1.00. The summed E-state index contributed by atoms with van der Waals surface area (Å²) in [6.45, 7) is 15.4. The molecular formula is C38H55FN3O11Pd-. The zero-order valence-electron chi connectivity index (χ0n) is 33.4. The number of nitrogen functional groups attached to an aromatic ring is 1. The van der Waals surface area contributed by atoms with Crippen LogP contribution in [0.4, 0.5) is 21.5 Å². The summed E-state index contributed by atoms with van der Waals surface area (Å²) in [5, 5.41) is 28.4. The summed E-state index contributed by atoms with van der Waals surface area (Å²) in [4.78, 5) is 54.4. The molecule has 0 amide bonds. The number of non-ortho nitro benzene ring substituents is 2. The first-order chi connectivity index (χ1) is 24.8. The molecule has 3 N–H and O–H groups in total. The number of nitrogens with two attached hydrogens (primary N) is 1. The molecule has 14 nitrogen and oxygen atoms in total. The molecule has 0 radical (unpaired) electrons. The van der Waals surface area contributed by atoms with Crippen molar-refractivity contribution in [2.45, 2.75) is 72.6 Å². The Morgan fingerprint density at radius 3 is 1.31 bits per heavy atom. The van der Waals surface area contributed by atoms with E-state index in [1.807, 2.05) is 26.0 Å². The van der Waals surface area contributed by atoms with Gasteiger partial charge in [-0.05, 0) is 84.2 Å². The van der Waals surface area contributed by atoms with Crippen molar-refractivity contribution in [1.29, 1.82) is 0 Å². The molecule has 306 valence electrons. The Balaban J connectivity index is -0.000000325. The van der Waals surface area contributed by atoms with E-state index in [0.717, 1.165) is 5.56 Å². The fourth-order valence-electron chi connectivity index (χ4n) is 3.87. The quantitative estimate of drug-likeness (QED) is 0.0371. The van der Waals surface area contributed by atoms with Crippen LogP contribution >= 0.6 is 0 Å². The number of alkyl halides is 1. The summed E-state index contributed by atoms with van der Waals surface area (Å²) in [6, 6.07) is 19.1. The van der Waals surface area contributed by atoms with Crippen LogP contribution in [0, 0.1) is 27.7 Å². The maximum Gasteiger partial charge on any atom is 0.315 e. The van der Waals surface area contributed by atoms with E-state index in [4.69, 9.17) is 26.4 Å². The number of halogens is 1. The normalized spacial score (nSPS) is 9.93. The topological polar surface area (TPSA) is 211 Å². The van der Waals surface area contributed by atoms with Crippen molar-refractivity contribution in [3.63, 3.8) is 0 Å². The molecule has 0 aliphatic rings. The molecule has 0 atom stereocenters. The van der Waals surface area contributed by atoms with E-state index in [-0.39, 0.29) is 70.2 Å². The smallest absolute Gasteiger partial charge is 0.315 e. The van der Waals surface area contributed by atoms with Gasteiger partial charge in [-0.3, -0.25) is 39.0 Å². The van der Waals surface area contributed by atoms with Crippen LogP contribution in [0.1, 0.15) is 73.5 Å². The van der Waals surface area contributed by atoms with E-state index in [2.05, 4.69) is 0 Å². The number of benzene rings is 3. The number of esters is 3. The van der Waals surface area contributed by atoms with E-state index >= 15 is 0 Å². The van der Waals surface area contributed by atoms with E-state index in [0.29, 0.717) is 36.6 Å². The van der Waals surface area contributed by atoms with Gasteiger partial charge in [0.25, 0.3) is 11.4 Å². The molecule has 0 saturated heterocycles. The molecule has 54 heavy (non-hydrogen) atoms. The van der Waals surface area contributed by atoms with Gasteiger partial charge in [-0.25, -0.2) is 0 Å². The van der Waals surface area contributed by atoms with Crippen molar-refractivity contribution in [3.8, 4) is 0 Å². The van der Waals surface area contributed by atoms with Crippen LogP contribution in [0.2, 0.25) is 0 Å². The van der Waals surface area contributed by atoms with Crippen molar-refractivity contribution >= 4 is 35.0 Å². The van der Waals surface area contributed by atoms with E-state index in [9.17, 15) is 39.0 Å². The molecule has 0 saturated carbocycles. The van der Waals surface area contributed by atoms with Crippen molar-refractivity contribution in [3.05, 3.63) is 117 Å². The standard InChI is InChI=1S/C12H15NO4.C12H17NO2.C10H11NO4.C2H6O.CH3F.CH3.Pd/c1-4-17-11(14)12(2,3)9-5-7-10(8-6-9)13(15)16;1-4-15-11(14)12(2,3)9-5-7-10(13)8-6-9;1-2-15-10(12)7-8-3-5-9(6-4-8)11(13)14;1-2-3;1-2;;/h5-8H,4H2,1-3H3;5-8H,4,13H2,1-3H3;3-6H,2,7H2,1H3;3H,2H2,1H3;1H3;1H3;/q;;;;;-1;/i;;;;1D;;. The molecule has 0 aliphatic carbocycles. The van der Waals surface area contributed by atoms with Gasteiger partial charge in [-0.1, -0.05) is 36.4 Å². The number of aliphatic hydroxyl groups is 1. The number of aliphatic hydroxyl groups excluding tert-OH is 1. The fourth-order valence-corrected chi connectivity index (χ4v) is 3.87. The van der Waals surface area contributed by atoms with E-state index in [1.165, 1.54) is 24.3 Å². The SMILES string of the molecule is CCO.CCOC(=O)C(C)(C)c1ccc(N)cc1.CCOC(=O)C(C)(C)c1ccc([N+](=O)[O-])cc1.CCOC(=O)Cc1ccc([N+](=O)[O-])cc1.[2H]CF.[CH3-].[Pd]. The molecule has 0 spiro atoms. The van der Waals surface area contributed by atoms with Crippen molar-refractivity contribution in [1.82, 2.24) is 0 Å². The fraction of sp³-hybridized carbons (Fsp3) is 0.421. The molecule has 0 unspecified atom stereocenters. The third-order valence-corrected chi connectivity index (χ3v) is 6.80. The Kier molecular flexibility index (Phi) is 29.4. The predicted octanol–water partition coefficient (Wildman–Crippen LogP) is 7.28. The largest absolute Gasteiger partial charge is 0.466 e. The molecule has 16 heteroatoms. The second kappa shape index (κ2) is 29.7. The van der Waals surface area contributed by atoms with Crippen molar-refractivity contribution in [2.75, 3.05) is 39.3 Å². The van der Waals surface area contributed by atoms with Crippen LogP contribution in [-0.4, -0.2) is 66.4 Å². The molecule has 0 fully saturated rings. The van der Waals surface area contributed by atoms with Gasteiger partial charge in [0.2, 0.25) is 0 Å². The summed E-state index contributed by atoms with van der Waals surface area (Å²) in [5.41, 5.74) is 7.20. The molecule has 0 aromatic heterocycles. The molecule has 0 heterocycles. The third kappa shape index (κ3) is 20.5. The summed E-state index contributed by atoms with van der Waals surface area (Å²) < 4.78 is 30.2. The molecule has 3 aromatic rings. The van der Waals surface area contributed by atoms with Crippen molar-refractivity contribution < 1.29 is 69.7 Å². The van der Waals surface area contributed by atoms with Gasteiger partial charge in [0, 0.05) is 57.0 Å². The second-order valence-electron chi connectivity index (χ2n) is 11.3. The van der Waals surface area contributed by atoms with Gasteiger partial charge in [0.05, 0.1) is 55.4 Å². The van der Waals surface area contributed by atoms with E-state index in [1.54, 1.807) is 77.9 Å². The Bertz CT molecular complexity index is 1540. The molecule has 3 rings (SSSR count). The zero-order chi connectivity index (χ0) is 41.2. The summed E-state index contributed by atoms with van der Waals surface area (Å²) in [5.74, 6) is -0.880. The van der Waals surface area contributed by atoms with E-state index < -0.39 is 27.8 Å². The average Bonchev–Trinajstić information content (AvgIpc) is 3.10. The average molecular weight is 856 g/mol. The van der Waals surface area contributed by atoms with Gasteiger partial charge in [-0.2, -0.15) is 0 Å². The number of nitro benzene ring substituents is 2. The Morgan fingerprint density at radius 1 is 0.722 bits per heavy atom. The summed E-state index contributed by atoms with van der Waals surface area (Å²) in [6.07, 6.45) is 0.145. The van der Waals surface area contributed by atoms with Gasteiger partial charge in [-0.15, -0.1) is 0 Å². The second-order valence-corrected chi connectivity index (χ2v) is 11.3. The van der Waals surface area contributed by atoms with Gasteiger partial charge in [0.15, 0.2) is 0 Å². The summed E-state index contributed by atoms with van der Waals surface area (Å²) in [7, 11) is -1.00. The predicted molar refractivity (Wildman–Crippen MR) is 203 cm³/mol. The van der Waals surface area contributed by atoms with Gasteiger partial charge >= 0.3 is 17.9 Å². The number of anilines is 1. The van der Waals surface area contributed by atoms with Crippen LogP contribution in [0.3, 0.4) is 0 Å². The molecular weight excluding hydrogens is 800 g/mol. The van der Waals surface area contributed by atoms with Gasteiger partial charge < -0.3 is 32.5 Å². The summed E-state index contributed by atoms with van der Waals surface area (Å²) >= 11 is 0. The monoisotopic (exact) mass is 855 g/mol. The van der Waals surface area contributed by atoms with Crippen LogP contribution in [0.25, 0.3) is 0 Å². The molecule has 3 aromatic carbocycles. The first kappa shape index (κ1) is 53.6. The Hall–Kier alpha value is -4.78. The number of rotatable bonds is 11. The number of carbonyl (C=O) groups excluding carboxylic acids is 3. The van der Waals surface area contributed by atoms with Gasteiger partial charge in [0.1, 0.15) is 0 Å². The van der Waals surface area contributed by atoms with Crippen molar-refractivity contribution in [2.24, 2.45) is 0 Å². The molecule has 0 bridgehead atoms. The maximum atomic E-state index is 11.7. The van der Waals surface area contributed by atoms with Crippen LogP contribution < -0.4 is 5.73 Å². The minimum Gasteiger partial charge on any atom is -0.466 e. The van der Waals surface area contributed by atoms with Crippen LogP contribution in [0.5, 0.6) is 0 Å². The minimum absolute atomic E-state index is 0.